The highest BCUT2D eigenvalue weighted by atomic mass is 32.2. The van der Waals surface area contributed by atoms with Gasteiger partial charge in [-0.3, -0.25) is 4.79 Å². The van der Waals surface area contributed by atoms with E-state index >= 15 is 0 Å². The lowest BCUT2D eigenvalue weighted by molar-refractivity contribution is -0.117. The number of nitrogens with two attached hydrogens (primary N) is 1. The first-order valence-corrected chi connectivity index (χ1v) is 8.02. The summed E-state index contributed by atoms with van der Waals surface area (Å²) in [5.41, 5.74) is 1.73. The van der Waals surface area contributed by atoms with Gasteiger partial charge in [-0.1, -0.05) is 6.07 Å². The monoisotopic (exact) mass is 293 g/mol. The van der Waals surface area contributed by atoms with Gasteiger partial charge < -0.3 is 9.88 Å². The molecule has 0 radical (unpaired) electrons. The SMILES string of the molecule is NS(=O)(=O)CC1CC(=O)N(c2ccc3cc[nH]c3c2)C1. The maximum atomic E-state index is 12.0. The summed E-state index contributed by atoms with van der Waals surface area (Å²) in [5.74, 6) is -0.457. The van der Waals surface area contributed by atoms with Crippen LogP contribution in [0.4, 0.5) is 5.69 Å². The predicted octanol–water partition coefficient (Wildman–Crippen LogP) is 0.809. The number of rotatable bonds is 3. The molecule has 0 aliphatic carbocycles. The van der Waals surface area contributed by atoms with Crippen molar-refractivity contribution in [3.05, 3.63) is 30.5 Å². The molecule has 1 amide bonds. The highest BCUT2D eigenvalue weighted by Crippen LogP contribution is 2.28. The molecule has 1 unspecified atom stereocenters. The standard InChI is InChI=1S/C13H15N3O3S/c14-20(18,19)8-9-5-13(17)16(7-9)11-2-1-10-3-4-15-12(10)6-11/h1-4,6,9,15H,5,7-8H2,(H2,14,18,19). The third-order valence-corrected chi connectivity index (χ3v) is 4.46. The summed E-state index contributed by atoms with van der Waals surface area (Å²) in [5, 5.41) is 6.11. The van der Waals surface area contributed by atoms with Crippen molar-refractivity contribution in [3.63, 3.8) is 0 Å². The molecule has 2 heterocycles. The van der Waals surface area contributed by atoms with Gasteiger partial charge in [0.1, 0.15) is 0 Å². The molecule has 1 aromatic carbocycles. The predicted molar refractivity (Wildman–Crippen MR) is 76.7 cm³/mol. The molecule has 0 saturated carbocycles. The molecule has 1 fully saturated rings. The fourth-order valence-corrected chi connectivity index (χ4v) is 3.56. The normalized spacial score (nSPS) is 19.9. The molecule has 3 N–H and O–H groups in total. The van der Waals surface area contributed by atoms with Crippen LogP contribution in [0.2, 0.25) is 0 Å². The van der Waals surface area contributed by atoms with Crippen LogP contribution < -0.4 is 10.0 Å². The van der Waals surface area contributed by atoms with Crippen LogP contribution in [0.3, 0.4) is 0 Å². The first-order valence-electron chi connectivity index (χ1n) is 6.30. The average molecular weight is 293 g/mol. The van der Waals surface area contributed by atoms with E-state index < -0.39 is 10.0 Å². The van der Waals surface area contributed by atoms with Crippen LogP contribution in [0, 0.1) is 5.92 Å². The third kappa shape index (κ3) is 2.54. The number of hydrogen-bond acceptors (Lipinski definition) is 3. The molecule has 3 rings (SSSR count). The minimum atomic E-state index is -3.55. The van der Waals surface area contributed by atoms with E-state index in [0.717, 1.165) is 16.6 Å². The molecule has 2 aromatic rings. The van der Waals surface area contributed by atoms with Crippen LogP contribution in [0.5, 0.6) is 0 Å². The van der Waals surface area contributed by atoms with Crippen molar-refractivity contribution in [3.8, 4) is 0 Å². The van der Waals surface area contributed by atoms with Crippen LogP contribution in [0.15, 0.2) is 30.5 Å². The Morgan fingerprint density at radius 3 is 2.90 bits per heavy atom. The number of hydrogen-bond donors (Lipinski definition) is 2. The van der Waals surface area contributed by atoms with E-state index in [1.54, 1.807) is 4.90 Å². The van der Waals surface area contributed by atoms with Crippen molar-refractivity contribution in [1.82, 2.24) is 4.98 Å². The van der Waals surface area contributed by atoms with E-state index in [4.69, 9.17) is 5.14 Å². The van der Waals surface area contributed by atoms with Gasteiger partial charge in [-0.05, 0) is 23.6 Å². The molecule has 1 aliphatic heterocycles. The van der Waals surface area contributed by atoms with Gasteiger partial charge in [0.05, 0.1) is 5.75 Å². The number of nitrogens with zero attached hydrogens (tertiary/aromatic N) is 1. The van der Waals surface area contributed by atoms with Gasteiger partial charge in [-0.15, -0.1) is 0 Å². The second-order valence-corrected chi connectivity index (χ2v) is 6.81. The summed E-state index contributed by atoms with van der Waals surface area (Å²) in [6.45, 7) is 0.390. The number of aromatic amines is 1. The van der Waals surface area contributed by atoms with E-state index in [0.29, 0.717) is 6.54 Å². The number of aromatic nitrogens is 1. The molecule has 7 heteroatoms. The highest BCUT2D eigenvalue weighted by molar-refractivity contribution is 7.89. The molecule has 0 spiro atoms. The van der Waals surface area contributed by atoms with Gasteiger partial charge in [-0.2, -0.15) is 0 Å². The number of benzene rings is 1. The highest BCUT2D eigenvalue weighted by Gasteiger charge is 2.32. The van der Waals surface area contributed by atoms with Crippen LogP contribution in [0.1, 0.15) is 6.42 Å². The number of anilines is 1. The molecule has 6 nitrogen and oxygen atoms in total. The molecule has 106 valence electrons. The second kappa shape index (κ2) is 4.60. The fourth-order valence-electron chi connectivity index (χ4n) is 2.67. The molecule has 0 bridgehead atoms. The molecular weight excluding hydrogens is 278 g/mol. The Balaban J connectivity index is 1.85. The lowest BCUT2D eigenvalue weighted by atomic mass is 10.1. The van der Waals surface area contributed by atoms with Gasteiger partial charge in [0.2, 0.25) is 15.9 Å². The lowest BCUT2D eigenvalue weighted by Gasteiger charge is -2.16. The Labute approximate surface area is 116 Å². The third-order valence-electron chi connectivity index (χ3n) is 3.52. The first-order chi connectivity index (χ1) is 9.42. The number of sulfonamides is 1. The van der Waals surface area contributed by atoms with Crippen molar-refractivity contribution in [2.75, 3.05) is 17.2 Å². The zero-order chi connectivity index (χ0) is 14.3. The van der Waals surface area contributed by atoms with E-state index in [2.05, 4.69) is 4.98 Å². The zero-order valence-electron chi connectivity index (χ0n) is 10.7. The van der Waals surface area contributed by atoms with E-state index in [9.17, 15) is 13.2 Å². The number of amides is 1. The molecule has 1 saturated heterocycles. The van der Waals surface area contributed by atoms with E-state index in [1.165, 1.54) is 0 Å². The lowest BCUT2D eigenvalue weighted by Crippen LogP contribution is -2.27. The van der Waals surface area contributed by atoms with Crippen LogP contribution >= 0.6 is 0 Å². The summed E-state index contributed by atoms with van der Waals surface area (Å²) in [7, 11) is -3.55. The summed E-state index contributed by atoms with van der Waals surface area (Å²) in [4.78, 5) is 16.7. The summed E-state index contributed by atoms with van der Waals surface area (Å²) in [6.07, 6.45) is 2.06. The number of fused-ring (bicyclic) bond motifs is 1. The number of carbonyl (C=O) groups is 1. The Hall–Kier alpha value is -1.86. The Morgan fingerprint density at radius 2 is 2.15 bits per heavy atom. The van der Waals surface area contributed by atoms with Crippen LogP contribution in [-0.4, -0.2) is 31.6 Å². The van der Waals surface area contributed by atoms with Crippen LogP contribution in [-0.2, 0) is 14.8 Å². The average Bonchev–Trinajstić information content (AvgIpc) is 2.92. The maximum Gasteiger partial charge on any atom is 0.227 e. The van der Waals surface area contributed by atoms with Gasteiger partial charge in [0.25, 0.3) is 0 Å². The minimum absolute atomic E-state index is 0.0652. The van der Waals surface area contributed by atoms with Crippen molar-refractivity contribution in [2.45, 2.75) is 6.42 Å². The van der Waals surface area contributed by atoms with Gasteiger partial charge in [0, 0.05) is 36.3 Å². The Kier molecular flexibility index (Phi) is 3.02. The fraction of sp³-hybridized carbons (Fsp3) is 0.308. The van der Waals surface area contributed by atoms with Crippen molar-refractivity contribution >= 4 is 32.5 Å². The second-order valence-electron chi connectivity index (χ2n) is 5.15. The van der Waals surface area contributed by atoms with Crippen molar-refractivity contribution < 1.29 is 13.2 Å². The van der Waals surface area contributed by atoms with Crippen LogP contribution in [0.25, 0.3) is 10.9 Å². The number of primary sulfonamides is 1. The van der Waals surface area contributed by atoms with Crippen molar-refractivity contribution in [1.29, 1.82) is 0 Å². The van der Waals surface area contributed by atoms with Gasteiger partial charge in [0.15, 0.2) is 0 Å². The first kappa shape index (κ1) is 13.1. The smallest absolute Gasteiger partial charge is 0.227 e. The molecule has 1 atom stereocenters. The zero-order valence-corrected chi connectivity index (χ0v) is 11.6. The Bertz CT molecular complexity index is 766. The van der Waals surface area contributed by atoms with Gasteiger partial charge in [-0.25, -0.2) is 13.6 Å². The molecule has 1 aliphatic rings. The van der Waals surface area contributed by atoms with Crippen molar-refractivity contribution in [2.24, 2.45) is 11.1 Å². The molecule has 1 aromatic heterocycles. The Morgan fingerprint density at radius 1 is 1.35 bits per heavy atom. The number of carbonyl (C=O) groups excluding carboxylic acids is 1. The molecule has 20 heavy (non-hydrogen) atoms. The van der Waals surface area contributed by atoms with E-state index in [-0.39, 0.29) is 24.0 Å². The molecular formula is C13H15N3O3S. The number of H-pyrrole nitrogens is 1. The quantitative estimate of drug-likeness (QED) is 0.876. The maximum absolute atomic E-state index is 12.0. The van der Waals surface area contributed by atoms with Gasteiger partial charge >= 0.3 is 0 Å². The number of nitrogens with one attached hydrogen (secondary N) is 1. The topological polar surface area (TPSA) is 96.3 Å². The summed E-state index contributed by atoms with van der Waals surface area (Å²) in [6, 6.07) is 7.65. The summed E-state index contributed by atoms with van der Waals surface area (Å²) < 4.78 is 22.2. The largest absolute Gasteiger partial charge is 0.361 e. The van der Waals surface area contributed by atoms with E-state index in [1.807, 2.05) is 30.5 Å². The summed E-state index contributed by atoms with van der Waals surface area (Å²) >= 11 is 0. The minimum Gasteiger partial charge on any atom is -0.361 e.